The quantitative estimate of drug-likeness (QED) is 0.0548. The number of unbranched alkanes of at least 4 members (excludes halogenated alkanes) is 16. The monoisotopic (exact) mass is 524 g/mol. The molecule has 0 saturated heterocycles. The number of terminal acetylenes is 2. The van der Waals surface area contributed by atoms with E-state index in [1.54, 1.807) is 12.2 Å². The molecule has 38 heavy (non-hydrogen) atoms. The molecule has 0 N–H and O–H groups in total. The zero-order valence-electron chi connectivity index (χ0n) is 24.1. The Labute approximate surface area is 233 Å². The normalized spacial score (nSPS) is 12.9. The van der Waals surface area contributed by atoms with E-state index >= 15 is 0 Å². The van der Waals surface area contributed by atoms with E-state index in [0.29, 0.717) is 0 Å². The fraction of sp³-hybridized carbons (Fsp3) is 0.647. The van der Waals surface area contributed by atoms with Gasteiger partial charge in [0.05, 0.1) is 0 Å². The second kappa shape index (κ2) is 27.3. The molecule has 0 aliphatic rings. The fourth-order valence-electron chi connectivity index (χ4n) is 4.11. The zero-order chi connectivity index (χ0) is 28.1. The lowest BCUT2D eigenvalue weighted by Gasteiger charge is -2.05. The molecular formula is C34H52O4. The Hall–Kier alpha value is -2.72. The maximum atomic E-state index is 10.9. The molecule has 212 valence electrons. The van der Waals surface area contributed by atoms with Crippen molar-refractivity contribution in [1.82, 2.24) is 0 Å². The molecule has 0 radical (unpaired) electrons. The lowest BCUT2D eigenvalue weighted by molar-refractivity contribution is -0.143. The molecule has 0 aliphatic heterocycles. The first-order chi connectivity index (χ1) is 18.5. The van der Waals surface area contributed by atoms with Gasteiger partial charge < -0.3 is 9.47 Å². The molecule has 0 bridgehead atoms. The third kappa shape index (κ3) is 26.3. The molecule has 4 heteroatoms. The highest BCUT2D eigenvalue weighted by atomic mass is 16.5. The van der Waals surface area contributed by atoms with Crippen molar-refractivity contribution >= 4 is 11.9 Å². The summed E-state index contributed by atoms with van der Waals surface area (Å²) in [7, 11) is 0. The van der Waals surface area contributed by atoms with E-state index in [1.165, 1.54) is 104 Å². The molecule has 2 atom stereocenters. The van der Waals surface area contributed by atoms with E-state index in [1.807, 2.05) is 12.2 Å². The lowest BCUT2D eigenvalue weighted by atomic mass is 10.1. The third-order valence-electron chi connectivity index (χ3n) is 6.19. The summed E-state index contributed by atoms with van der Waals surface area (Å²) < 4.78 is 9.97. The van der Waals surface area contributed by atoms with E-state index in [0.717, 1.165) is 25.7 Å². The Balaban J connectivity index is 3.38. The molecule has 0 rings (SSSR count). The summed E-state index contributed by atoms with van der Waals surface area (Å²) in [5.74, 6) is 4.23. The maximum absolute atomic E-state index is 10.9. The molecule has 0 fully saturated rings. The summed E-state index contributed by atoms with van der Waals surface area (Å²) >= 11 is 0. The van der Waals surface area contributed by atoms with Crippen LogP contribution in [0.5, 0.6) is 0 Å². The number of carbonyl (C=O) groups is 2. The number of ether oxygens (including phenoxy) is 2. The highest BCUT2D eigenvalue weighted by Gasteiger charge is 2.03. The molecule has 2 unspecified atom stereocenters. The van der Waals surface area contributed by atoms with Gasteiger partial charge in [0.15, 0.2) is 12.2 Å². The Morgan fingerprint density at radius 3 is 1.05 bits per heavy atom. The molecule has 4 nitrogen and oxygen atoms in total. The lowest BCUT2D eigenvalue weighted by Crippen LogP contribution is -2.10. The van der Waals surface area contributed by atoms with Gasteiger partial charge in [-0.2, -0.15) is 0 Å². The van der Waals surface area contributed by atoms with Gasteiger partial charge in [-0.25, -0.2) is 0 Å². The largest absolute Gasteiger partial charge is 0.445 e. The van der Waals surface area contributed by atoms with E-state index in [-0.39, 0.29) is 11.9 Å². The van der Waals surface area contributed by atoms with Crippen molar-refractivity contribution in [2.75, 3.05) is 0 Å². The Bertz CT molecular complexity index is 698. The van der Waals surface area contributed by atoms with Gasteiger partial charge in [0.25, 0.3) is 0 Å². The molecule has 0 aromatic rings. The van der Waals surface area contributed by atoms with Crippen molar-refractivity contribution in [2.24, 2.45) is 0 Å². The average Bonchev–Trinajstić information content (AvgIpc) is 2.89. The molecule has 0 amide bonds. The van der Waals surface area contributed by atoms with Crippen molar-refractivity contribution in [1.29, 1.82) is 0 Å². The first kappa shape index (κ1) is 35.3. The Kier molecular flexibility index (Phi) is 25.4. The second-order valence-electron chi connectivity index (χ2n) is 9.83. The van der Waals surface area contributed by atoms with Gasteiger partial charge in [-0.1, -0.05) is 100 Å². The van der Waals surface area contributed by atoms with Gasteiger partial charge in [-0.15, -0.1) is 12.8 Å². The summed E-state index contributed by atoms with van der Waals surface area (Å²) in [5.41, 5.74) is 0. The van der Waals surface area contributed by atoms with Gasteiger partial charge in [0.2, 0.25) is 0 Å². The number of hydrogen-bond donors (Lipinski definition) is 0. The van der Waals surface area contributed by atoms with Gasteiger partial charge in [-0.3, -0.25) is 9.59 Å². The fourth-order valence-corrected chi connectivity index (χ4v) is 4.11. The molecule has 0 aliphatic carbocycles. The van der Waals surface area contributed by atoms with Crippen molar-refractivity contribution in [2.45, 2.75) is 142 Å². The molecule has 0 aromatic heterocycles. The number of hydrogen-bond acceptors (Lipinski definition) is 4. The van der Waals surface area contributed by atoms with E-state index in [9.17, 15) is 9.59 Å². The van der Waals surface area contributed by atoms with Crippen LogP contribution in [0.25, 0.3) is 0 Å². The average molecular weight is 525 g/mol. The van der Waals surface area contributed by atoms with Crippen molar-refractivity contribution in [3.05, 3.63) is 36.5 Å². The maximum Gasteiger partial charge on any atom is 0.304 e. The minimum absolute atomic E-state index is 0.344. The number of esters is 2. The van der Waals surface area contributed by atoms with Crippen LogP contribution in [0, 0.1) is 24.7 Å². The predicted molar refractivity (Wildman–Crippen MR) is 159 cm³/mol. The van der Waals surface area contributed by atoms with Gasteiger partial charge in [0, 0.05) is 13.8 Å². The highest BCUT2D eigenvalue weighted by molar-refractivity contribution is 5.67. The minimum Gasteiger partial charge on any atom is -0.445 e. The van der Waals surface area contributed by atoms with Gasteiger partial charge in [0.1, 0.15) is 0 Å². The van der Waals surface area contributed by atoms with Crippen LogP contribution in [0.3, 0.4) is 0 Å². The van der Waals surface area contributed by atoms with E-state index in [2.05, 4.69) is 24.0 Å². The molecule has 0 spiro atoms. The predicted octanol–water partition coefficient (Wildman–Crippen LogP) is 8.81. The number of carbonyl (C=O) groups excluding carboxylic acids is 2. The van der Waals surface area contributed by atoms with Crippen LogP contribution in [0.2, 0.25) is 0 Å². The van der Waals surface area contributed by atoms with Crippen LogP contribution in [-0.2, 0) is 19.1 Å². The topological polar surface area (TPSA) is 52.6 Å². The molecular weight excluding hydrogens is 472 g/mol. The third-order valence-corrected chi connectivity index (χ3v) is 6.19. The summed E-state index contributed by atoms with van der Waals surface area (Å²) in [5, 5.41) is 0. The first-order valence-corrected chi connectivity index (χ1v) is 14.7. The SMILES string of the molecule is C#CC(C=CCCCCCCCCCC=CCCCCCCCCCC=CC(C#C)OC(C)=O)OC(C)=O. The summed E-state index contributed by atoms with van der Waals surface area (Å²) in [4.78, 5) is 21.8. The molecule has 0 aromatic carbocycles. The van der Waals surface area contributed by atoms with Crippen LogP contribution >= 0.6 is 0 Å². The van der Waals surface area contributed by atoms with Crippen LogP contribution in [-0.4, -0.2) is 24.1 Å². The van der Waals surface area contributed by atoms with E-state index in [4.69, 9.17) is 22.3 Å². The number of rotatable bonds is 24. The summed E-state index contributed by atoms with van der Waals surface area (Å²) in [6.45, 7) is 2.75. The van der Waals surface area contributed by atoms with Crippen LogP contribution < -0.4 is 0 Å². The van der Waals surface area contributed by atoms with Crippen molar-refractivity contribution < 1.29 is 19.1 Å². The van der Waals surface area contributed by atoms with Crippen LogP contribution in [0.1, 0.15) is 129 Å². The molecule has 0 saturated carbocycles. The van der Waals surface area contributed by atoms with Crippen LogP contribution in [0.4, 0.5) is 0 Å². The summed E-state index contributed by atoms with van der Waals surface area (Å²) in [6.07, 6.45) is 44.2. The summed E-state index contributed by atoms with van der Waals surface area (Å²) in [6, 6.07) is 0. The zero-order valence-corrected chi connectivity index (χ0v) is 24.1. The van der Waals surface area contributed by atoms with Crippen molar-refractivity contribution in [3.63, 3.8) is 0 Å². The minimum atomic E-state index is -0.534. The van der Waals surface area contributed by atoms with Crippen LogP contribution in [0.15, 0.2) is 36.5 Å². The Morgan fingerprint density at radius 2 is 0.789 bits per heavy atom. The smallest absolute Gasteiger partial charge is 0.304 e. The first-order valence-electron chi connectivity index (χ1n) is 14.7. The van der Waals surface area contributed by atoms with Gasteiger partial charge in [-0.05, 0) is 63.5 Å². The van der Waals surface area contributed by atoms with E-state index < -0.39 is 12.2 Å². The number of allylic oxidation sites excluding steroid dienone is 4. The Morgan fingerprint density at radius 1 is 0.526 bits per heavy atom. The van der Waals surface area contributed by atoms with Crippen molar-refractivity contribution in [3.8, 4) is 24.7 Å². The standard InChI is InChI=1S/C34H52O4/c1-5-33(37-31(3)35)29-27-25-23-21-19-17-15-13-11-9-7-8-10-12-14-16-18-20-22-24-26-28-30-34(6-2)38-32(4)36/h1-2,7-8,27-30,33-34H,9-26H2,3-4H3. The highest BCUT2D eigenvalue weighted by Crippen LogP contribution is 2.12. The molecule has 0 heterocycles. The second-order valence-corrected chi connectivity index (χ2v) is 9.83. The van der Waals surface area contributed by atoms with Gasteiger partial charge >= 0.3 is 11.9 Å².